The third-order valence-corrected chi connectivity index (χ3v) is 6.21. The van der Waals surface area contributed by atoms with E-state index in [1.807, 2.05) is 36.4 Å². The number of ether oxygens (including phenoxy) is 1. The van der Waals surface area contributed by atoms with Crippen molar-refractivity contribution in [2.45, 2.75) is 25.6 Å². The molecule has 2 N–H and O–H groups in total. The van der Waals surface area contributed by atoms with Crippen LogP contribution in [0.3, 0.4) is 0 Å². The van der Waals surface area contributed by atoms with Crippen molar-refractivity contribution in [1.82, 2.24) is 20.4 Å². The molecule has 0 bridgehead atoms. The first-order chi connectivity index (χ1) is 17.2. The largest absolute Gasteiger partial charge is 0.484 e. The molecule has 1 unspecified atom stereocenters. The van der Waals surface area contributed by atoms with Gasteiger partial charge in [-0.05, 0) is 35.9 Å². The van der Waals surface area contributed by atoms with Crippen LogP contribution in [0, 0.1) is 5.82 Å². The predicted molar refractivity (Wildman–Crippen MR) is 132 cm³/mol. The Morgan fingerprint density at radius 2 is 1.83 bits per heavy atom. The smallest absolute Gasteiger partial charge is 0.221 e. The number of amides is 1. The van der Waals surface area contributed by atoms with Gasteiger partial charge in [0.15, 0.2) is 0 Å². The zero-order chi connectivity index (χ0) is 24.0. The summed E-state index contributed by atoms with van der Waals surface area (Å²) in [7, 11) is 0. The molecule has 0 saturated carbocycles. The van der Waals surface area contributed by atoms with E-state index in [-0.39, 0.29) is 17.8 Å². The molecule has 1 aromatic heterocycles. The van der Waals surface area contributed by atoms with Gasteiger partial charge in [0.2, 0.25) is 5.91 Å². The quantitative estimate of drug-likeness (QED) is 0.405. The van der Waals surface area contributed by atoms with Gasteiger partial charge in [-0.3, -0.25) is 14.8 Å². The topological polar surface area (TPSA) is 70.2 Å². The third kappa shape index (κ3) is 5.58. The van der Waals surface area contributed by atoms with Crippen LogP contribution in [0.15, 0.2) is 85.1 Å². The minimum Gasteiger partial charge on any atom is -0.484 e. The Hall–Kier alpha value is -3.97. The van der Waals surface area contributed by atoms with E-state index in [9.17, 15) is 9.18 Å². The zero-order valence-corrected chi connectivity index (χ0v) is 19.3. The Balaban J connectivity index is 1.21. The third-order valence-electron chi connectivity index (χ3n) is 6.21. The van der Waals surface area contributed by atoms with Gasteiger partial charge in [0.1, 0.15) is 17.7 Å². The lowest BCUT2D eigenvalue weighted by atomic mass is 10.1. The predicted octanol–water partition coefficient (Wildman–Crippen LogP) is 4.86. The minimum atomic E-state index is -0.292. The summed E-state index contributed by atoms with van der Waals surface area (Å²) in [6.45, 7) is 2.38. The molecule has 2 heterocycles. The van der Waals surface area contributed by atoms with E-state index in [2.05, 4.69) is 38.6 Å². The van der Waals surface area contributed by atoms with Gasteiger partial charge in [0.05, 0.1) is 11.9 Å². The Morgan fingerprint density at radius 1 is 1.06 bits per heavy atom. The van der Waals surface area contributed by atoms with Crippen molar-refractivity contribution >= 4 is 5.91 Å². The first-order valence-corrected chi connectivity index (χ1v) is 11.7. The normalized spacial score (nSPS) is 15.6. The molecule has 1 atom stereocenters. The van der Waals surface area contributed by atoms with Crippen LogP contribution in [0.2, 0.25) is 0 Å². The van der Waals surface area contributed by atoms with Crippen molar-refractivity contribution in [1.29, 1.82) is 0 Å². The summed E-state index contributed by atoms with van der Waals surface area (Å²) in [6, 6.07) is 24.5. The SMILES string of the molecule is O=C(CCN1Cc2ccccc2OC(c2ccccc2)C1)NCc1cn[nH]c1-c1ccc(F)cc1. The van der Waals surface area contributed by atoms with Crippen LogP contribution in [0.5, 0.6) is 5.75 Å². The van der Waals surface area contributed by atoms with Crippen molar-refractivity contribution in [3.8, 4) is 17.0 Å². The Bertz CT molecular complexity index is 1270. The first-order valence-electron chi connectivity index (χ1n) is 11.7. The zero-order valence-electron chi connectivity index (χ0n) is 19.3. The molecule has 1 aliphatic heterocycles. The van der Waals surface area contributed by atoms with Crippen LogP contribution in [-0.2, 0) is 17.9 Å². The second-order valence-electron chi connectivity index (χ2n) is 8.66. The summed E-state index contributed by atoms with van der Waals surface area (Å²) in [5.74, 6) is 0.562. The lowest BCUT2D eigenvalue weighted by Gasteiger charge is -2.24. The number of aromatic nitrogens is 2. The van der Waals surface area contributed by atoms with E-state index in [0.29, 0.717) is 26.1 Å². The van der Waals surface area contributed by atoms with Crippen molar-refractivity contribution in [2.24, 2.45) is 0 Å². The fourth-order valence-electron chi connectivity index (χ4n) is 4.34. The number of hydrogen-bond acceptors (Lipinski definition) is 4. The molecule has 1 amide bonds. The molecule has 0 radical (unpaired) electrons. The molecule has 35 heavy (non-hydrogen) atoms. The van der Waals surface area contributed by atoms with Crippen LogP contribution in [0.25, 0.3) is 11.3 Å². The number of fused-ring (bicyclic) bond motifs is 1. The van der Waals surface area contributed by atoms with E-state index < -0.39 is 0 Å². The minimum absolute atomic E-state index is 0.0361. The monoisotopic (exact) mass is 470 g/mol. The number of para-hydroxylation sites is 1. The summed E-state index contributed by atoms with van der Waals surface area (Å²) < 4.78 is 19.6. The molecular weight excluding hydrogens is 443 g/mol. The lowest BCUT2D eigenvalue weighted by molar-refractivity contribution is -0.121. The number of benzene rings is 3. The van der Waals surface area contributed by atoms with Crippen molar-refractivity contribution in [2.75, 3.05) is 13.1 Å². The van der Waals surface area contributed by atoms with Crippen molar-refractivity contribution in [3.63, 3.8) is 0 Å². The van der Waals surface area contributed by atoms with Crippen LogP contribution in [0.4, 0.5) is 4.39 Å². The van der Waals surface area contributed by atoms with Gasteiger partial charge in [0.25, 0.3) is 0 Å². The Labute approximate surface area is 203 Å². The van der Waals surface area contributed by atoms with Crippen molar-refractivity contribution < 1.29 is 13.9 Å². The molecule has 0 aliphatic carbocycles. The number of nitrogens with zero attached hydrogens (tertiary/aromatic N) is 2. The van der Waals surface area contributed by atoms with E-state index in [0.717, 1.165) is 40.2 Å². The van der Waals surface area contributed by atoms with Crippen LogP contribution in [0.1, 0.15) is 29.2 Å². The maximum Gasteiger partial charge on any atom is 0.221 e. The van der Waals surface area contributed by atoms with Crippen LogP contribution in [-0.4, -0.2) is 34.1 Å². The summed E-state index contributed by atoms with van der Waals surface area (Å²) in [6.07, 6.45) is 1.95. The summed E-state index contributed by atoms with van der Waals surface area (Å²) in [5.41, 5.74) is 4.69. The van der Waals surface area contributed by atoms with Gasteiger partial charge < -0.3 is 10.1 Å². The summed E-state index contributed by atoms with van der Waals surface area (Å²) >= 11 is 0. The second kappa shape index (κ2) is 10.5. The van der Waals surface area contributed by atoms with Crippen LogP contribution >= 0.6 is 0 Å². The average molecular weight is 471 g/mol. The van der Waals surface area contributed by atoms with Crippen LogP contribution < -0.4 is 10.1 Å². The van der Waals surface area contributed by atoms with Gasteiger partial charge in [-0.2, -0.15) is 5.10 Å². The fourth-order valence-corrected chi connectivity index (χ4v) is 4.34. The fraction of sp³-hybridized carbons (Fsp3) is 0.214. The number of H-pyrrole nitrogens is 1. The molecule has 7 heteroatoms. The van der Waals surface area contributed by atoms with Crippen molar-refractivity contribution in [3.05, 3.63) is 108 Å². The number of hydrogen-bond donors (Lipinski definition) is 2. The lowest BCUT2D eigenvalue weighted by Crippen LogP contribution is -2.33. The molecule has 6 nitrogen and oxygen atoms in total. The molecule has 178 valence electrons. The second-order valence-corrected chi connectivity index (χ2v) is 8.66. The number of nitrogens with one attached hydrogen (secondary N) is 2. The van der Waals surface area contributed by atoms with Gasteiger partial charge >= 0.3 is 0 Å². The number of aromatic amines is 1. The first kappa shape index (κ1) is 22.8. The maximum absolute atomic E-state index is 13.3. The number of rotatable bonds is 7. The number of carbonyl (C=O) groups is 1. The molecule has 1 aliphatic rings. The Kier molecular flexibility index (Phi) is 6.86. The van der Waals surface area contributed by atoms with Gasteiger partial charge in [-0.25, -0.2) is 4.39 Å². The highest BCUT2D eigenvalue weighted by Gasteiger charge is 2.24. The molecule has 4 aromatic rings. The van der Waals surface area contributed by atoms with E-state index in [1.165, 1.54) is 12.1 Å². The molecule has 5 rings (SSSR count). The number of carbonyl (C=O) groups excluding carboxylic acids is 1. The molecule has 0 saturated heterocycles. The van der Waals surface area contributed by atoms with Gasteiger partial charge in [-0.15, -0.1) is 0 Å². The highest BCUT2D eigenvalue weighted by molar-refractivity contribution is 5.76. The van der Waals surface area contributed by atoms with E-state index in [1.54, 1.807) is 18.3 Å². The highest BCUT2D eigenvalue weighted by Crippen LogP contribution is 2.31. The van der Waals surface area contributed by atoms with Gasteiger partial charge in [0, 0.05) is 49.3 Å². The molecule has 0 spiro atoms. The van der Waals surface area contributed by atoms with E-state index >= 15 is 0 Å². The van der Waals surface area contributed by atoms with E-state index in [4.69, 9.17) is 4.74 Å². The standard InChI is InChI=1S/C28H27FN4O2/c29-24-12-10-21(11-13-24)28-23(17-31-32-28)16-30-27(34)14-15-33-18-22-8-4-5-9-25(22)35-26(19-33)20-6-2-1-3-7-20/h1-13,17,26H,14-16,18-19H2,(H,30,34)(H,31,32). The summed E-state index contributed by atoms with van der Waals surface area (Å²) in [5, 5.41) is 10.0. The van der Waals surface area contributed by atoms with Gasteiger partial charge in [-0.1, -0.05) is 48.5 Å². The average Bonchev–Trinajstić information content (AvgIpc) is 3.27. The molecule has 0 fully saturated rings. The maximum atomic E-state index is 13.3. The number of halogens is 1. The Morgan fingerprint density at radius 3 is 2.66 bits per heavy atom. The highest BCUT2D eigenvalue weighted by atomic mass is 19.1. The summed E-state index contributed by atoms with van der Waals surface area (Å²) in [4.78, 5) is 15.0. The molecule has 3 aromatic carbocycles. The molecular formula is C28H27FN4O2.